The van der Waals surface area contributed by atoms with E-state index in [1.165, 1.54) is 0 Å². The number of ether oxygens (including phenoxy) is 1. The number of amides is 2. The highest BCUT2D eigenvalue weighted by Gasteiger charge is 2.15. The molecule has 0 bridgehead atoms. The Balaban J connectivity index is 1.79. The van der Waals surface area contributed by atoms with E-state index in [1.807, 2.05) is 0 Å². The Bertz CT molecular complexity index is 971. The molecule has 0 aliphatic heterocycles. The van der Waals surface area contributed by atoms with Crippen LogP contribution in [0, 0.1) is 0 Å². The Morgan fingerprint density at radius 3 is 2.04 bits per heavy atom. The van der Waals surface area contributed by atoms with Gasteiger partial charge in [0.2, 0.25) is 0 Å². The molecule has 3 aromatic carbocycles. The highest BCUT2D eigenvalue weighted by molar-refractivity contribution is 6.34. The molecule has 2 amide bonds. The molecule has 0 saturated heterocycles. The van der Waals surface area contributed by atoms with E-state index in [0.29, 0.717) is 33.3 Å². The number of carbonyl (C=O) groups is 2. The van der Waals surface area contributed by atoms with Crippen molar-refractivity contribution in [1.82, 2.24) is 0 Å². The molecule has 0 aromatic heterocycles. The first-order valence-corrected chi connectivity index (χ1v) is 8.56. The Morgan fingerprint density at radius 2 is 1.37 bits per heavy atom. The zero-order chi connectivity index (χ0) is 19.2. The van der Waals surface area contributed by atoms with Crippen molar-refractivity contribution < 1.29 is 14.3 Å². The van der Waals surface area contributed by atoms with E-state index in [2.05, 4.69) is 10.6 Å². The molecule has 0 radical (unpaired) electrons. The zero-order valence-electron chi connectivity index (χ0n) is 14.5. The van der Waals surface area contributed by atoms with E-state index in [1.54, 1.807) is 79.9 Å². The van der Waals surface area contributed by atoms with Crippen molar-refractivity contribution >= 4 is 34.8 Å². The Morgan fingerprint density at radius 1 is 0.778 bits per heavy atom. The van der Waals surface area contributed by atoms with E-state index in [9.17, 15) is 9.59 Å². The van der Waals surface area contributed by atoms with Gasteiger partial charge in [0, 0.05) is 5.69 Å². The fourth-order valence-electron chi connectivity index (χ4n) is 2.50. The summed E-state index contributed by atoms with van der Waals surface area (Å²) >= 11 is 6.07. The molecule has 0 spiro atoms. The maximum absolute atomic E-state index is 12.7. The summed E-state index contributed by atoms with van der Waals surface area (Å²) in [6.07, 6.45) is 0. The van der Waals surface area contributed by atoms with Gasteiger partial charge in [-0.25, -0.2) is 0 Å². The van der Waals surface area contributed by atoms with Gasteiger partial charge in [-0.1, -0.05) is 35.9 Å². The first-order valence-electron chi connectivity index (χ1n) is 8.19. The second-order valence-electron chi connectivity index (χ2n) is 5.66. The summed E-state index contributed by atoms with van der Waals surface area (Å²) in [5, 5.41) is 5.89. The van der Waals surface area contributed by atoms with Gasteiger partial charge in [0.1, 0.15) is 5.75 Å². The summed E-state index contributed by atoms with van der Waals surface area (Å²) < 4.78 is 5.10. The molecule has 0 saturated carbocycles. The van der Waals surface area contributed by atoms with Crippen molar-refractivity contribution in [2.24, 2.45) is 0 Å². The summed E-state index contributed by atoms with van der Waals surface area (Å²) in [7, 11) is 1.57. The Hall–Kier alpha value is -3.31. The van der Waals surface area contributed by atoms with E-state index in [4.69, 9.17) is 16.3 Å². The molecule has 0 heterocycles. The summed E-state index contributed by atoms with van der Waals surface area (Å²) in [5.74, 6) is -0.0269. The van der Waals surface area contributed by atoms with Gasteiger partial charge in [0.25, 0.3) is 11.8 Å². The minimum atomic E-state index is -0.384. The van der Waals surface area contributed by atoms with Gasteiger partial charge < -0.3 is 15.4 Å². The molecule has 0 aliphatic rings. The summed E-state index contributed by atoms with van der Waals surface area (Å²) in [4.78, 5) is 25.2. The van der Waals surface area contributed by atoms with E-state index >= 15 is 0 Å². The number of hydrogen-bond donors (Lipinski definition) is 2. The molecule has 0 aliphatic carbocycles. The number of carbonyl (C=O) groups excluding carboxylic acids is 2. The van der Waals surface area contributed by atoms with Gasteiger partial charge >= 0.3 is 0 Å². The number of para-hydroxylation sites is 1. The van der Waals surface area contributed by atoms with Crippen LogP contribution in [0.4, 0.5) is 11.4 Å². The van der Waals surface area contributed by atoms with Gasteiger partial charge in [-0.05, 0) is 48.5 Å². The normalized spacial score (nSPS) is 10.1. The van der Waals surface area contributed by atoms with Crippen LogP contribution in [0.15, 0.2) is 72.8 Å². The largest absolute Gasteiger partial charge is 0.497 e. The standard InChI is InChI=1S/C21H17ClN2O3/c1-27-15-12-10-14(11-13-15)23-21(26)17-7-3-5-9-19(17)24-20(25)16-6-2-4-8-18(16)22/h2-13H,1H3,(H,23,26)(H,24,25). The third-order valence-corrected chi connectivity index (χ3v) is 4.22. The second kappa shape index (κ2) is 8.38. The maximum atomic E-state index is 12.7. The van der Waals surface area contributed by atoms with Crippen LogP contribution in [0.3, 0.4) is 0 Å². The van der Waals surface area contributed by atoms with Crippen LogP contribution in [0.25, 0.3) is 0 Å². The molecule has 3 rings (SSSR count). The summed E-state index contributed by atoms with van der Waals surface area (Å²) in [5.41, 5.74) is 1.69. The minimum Gasteiger partial charge on any atom is -0.497 e. The van der Waals surface area contributed by atoms with Crippen molar-refractivity contribution in [2.75, 3.05) is 17.7 Å². The number of rotatable bonds is 5. The van der Waals surface area contributed by atoms with Crippen LogP contribution in [-0.2, 0) is 0 Å². The van der Waals surface area contributed by atoms with Crippen LogP contribution >= 0.6 is 11.6 Å². The predicted molar refractivity (Wildman–Crippen MR) is 107 cm³/mol. The molecular weight excluding hydrogens is 364 g/mol. The molecule has 5 nitrogen and oxygen atoms in total. The SMILES string of the molecule is COc1ccc(NC(=O)c2ccccc2NC(=O)c2ccccc2Cl)cc1. The lowest BCUT2D eigenvalue weighted by atomic mass is 10.1. The van der Waals surface area contributed by atoms with Crippen molar-refractivity contribution in [3.63, 3.8) is 0 Å². The van der Waals surface area contributed by atoms with Crippen molar-refractivity contribution in [1.29, 1.82) is 0 Å². The summed E-state index contributed by atoms with van der Waals surface area (Å²) in [6, 6.07) is 20.5. The van der Waals surface area contributed by atoms with Crippen LogP contribution in [0.1, 0.15) is 20.7 Å². The van der Waals surface area contributed by atoms with Gasteiger partial charge in [-0.15, -0.1) is 0 Å². The number of anilines is 2. The van der Waals surface area contributed by atoms with Crippen molar-refractivity contribution in [3.05, 3.63) is 88.9 Å². The predicted octanol–water partition coefficient (Wildman–Crippen LogP) is 4.85. The maximum Gasteiger partial charge on any atom is 0.257 e. The van der Waals surface area contributed by atoms with Crippen molar-refractivity contribution in [3.8, 4) is 5.75 Å². The highest BCUT2D eigenvalue weighted by Crippen LogP contribution is 2.22. The van der Waals surface area contributed by atoms with Gasteiger partial charge in [0.15, 0.2) is 0 Å². The fourth-order valence-corrected chi connectivity index (χ4v) is 2.72. The topological polar surface area (TPSA) is 67.4 Å². The molecule has 27 heavy (non-hydrogen) atoms. The molecule has 0 fully saturated rings. The Kier molecular flexibility index (Phi) is 5.74. The number of nitrogens with one attached hydrogen (secondary N) is 2. The van der Waals surface area contributed by atoms with Crippen LogP contribution in [-0.4, -0.2) is 18.9 Å². The number of benzene rings is 3. The monoisotopic (exact) mass is 380 g/mol. The lowest BCUT2D eigenvalue weighted by molar-refractivity contribution is 0.102. The molecule has 0 unspecified atom stereocenters. The van der Waals surface area contributed by atoms with Gasteiger partial charge in [-0.3, -0.25) is 9.59 Å². The molecule has 136 valence electrons. The first-order chi connectivity index (χ1) is 13.1. The minimum absolute atomic E-state index is 0.338. The second-order valence-corrected chi connectivity index (χ2v) is 6.07. The number of methoxy groups -OCH3 is 1. The highest BCUT2D eigenvalue weighted by atomic mass is 35.5. The van der Waals surface area contributed by atoms with Crippen molar-refractivity contribution in [2.45, 2.75) is 0 Å². The van der Waals surface area contributed by atoms with Crippen LogP contribution in [0.5, 0.6) is 5.75 Å². The average Bonchev–Trinajstić information content (AvgIpc) is 2.69. The number of halogens is 1. The molecule has 0 atom stereocenters. The smallest absolute Gasteiger partial charge is 0.257 e. The summed E-state index contributed by atoms with van der Waals surface area (Å²) in [6.45, 7) is 0. The third kappa shape index (κ3) is 4.46. The van der Waals surface area contributed by atoms with E-state index in [-0.39, 0.29) is 11.8 Å². The van der Waals surface area contributed by atoms with Gasteiger partial charge in [0.05, 0.1) is 28.9 Å². The first kappa shape index (κ1) is 18.5. The lowest BCUT2D eigenvalue weighted by Crippen LogP contribution is -2.18. The third-order valence-electron chi connectivity index (χ3n) is 3.89. The number of hydrogen-bond acceptors (Lipinski definition) is 3. The lowest BCUT2D eigenvalue weighted by Gasteiger charge is -2.12. The average molecular weight is 381 g/mol. The van der Waals surface area contributed by atoms with Gasteiger partial charge in [-0.2, -0.15) is 0 Å². The van der Waals surface area contributed by atoms with Crippen LogP contribution < -0.4 is 15.4 Å². The van der Waals surface area contributed by atoms with Crippen LogP contribution in [0.2, 0.25) is 5.02 Å². The zero-order valence-corrected chi connectivity index (χ0v) is 15.3. The quantitative estimate of drug-likeness (QED) is 0.664. The molecule has 2 N–H and O–H groups in total. The Labute approximate surface area is 161 Å². The van der Waals surface area contributed by atoms with E-state index < -0.39 is 0 Å². The molecule has 6 heteroatoms. The van der Waals surface area contributed by atoms with E-state index in [0.717, 1.165) is 0 Å². The molecular formula is C21H17ClN2O3. The fraction of sp³-hybridized carbons (Fsp3) is 0.0476. The molecule has 3 aromatic rings.